The number of carbonyl (C=O) groups excluding carboxylic acids is 2. The lowest BCUT2D eigenvalue weighted by molar-refractivity contribution is -0.248. The van der Waals surface area contributed by atoms with Gasteiger partial charge in [0.25, 0.3) is 0 Å². The highest BCUT2D eigenvalue weighted by atomic mass is 16.5. The molecule has 8 atom stereocenters. The van der Waals surface area contributed by atoms with E-state index < -0.39 is 22.7 Å². The first kappa shape index (κ1) is 19.7. The normalized spacial score (nSPS) is 54.1. The van der Waals surface area contributed by atoms with Crippen LogP contribution in [0.25, 0.3) is 0 Å². The minimum Gasteiger partial charge on any atom is -0.458 e. The van der Waals surface area contributed by atoms with Gasteiger partial charge in [0, 0.05) is 17.9 Å². The van der Waals surface area contributed by atoms with Gasteiger partial charge in [0.2, 0.25) is 0 Å². The van der Waals surface area contributed by atoms with Crippen molar-refractivity contribution in [3.63, 3.8) is 0 Å². The third kappa shape index (κ3) is 2.34. The number of carbonyl (C=O) groups is 2. The molecule has 0 radical (unpaired) electrons. The topological polar surface area (TPSA) is 104 Å². The average Bonchev–Trinajstić information content (AvgIpc) is 3.21. The maximum Gasteiger partial charge on any atom is 0.331 e. The second-order valence-corrected chi connectivity index (χ2v) is 10.6. The Kier molecular flexibility index (Phi) is 4.18. The van der Waals surface area contributed by atoms with Crippen LogP contribution < -0.4 is 0 Å². The van der Waals surface area contributed by atoms with Crippen molar-refractivity contribution in [2.75, 3.05) is 6.61 Å². The number of hydrogen-bond donors (Lipinski definition) is 3. The van der Waals surface area contributed by atoms with Crippen LogP contribution in [0.3, 0.4) is 0 Å². The molecule has 0 amide bonds. The van der Waals surface area contributed by atoms with E-state index in [2.05, 4.69) is 6.92 Å². The Hall–Kier alpha value is -1.24. The van der Waals surface area contributed by atoms with Crippen LogP contribution in [0.4, 0.5) is 0 Å². The molecule has 0 saturated heterocycles. The Morgan fingerprint density at radius 3 is 2.52 bits per heavy atom. The Balaban J connectivity index is 1.52. The van der Waals surface area contributed by atoms with Crippen LogP contribution in [0.15, 0.2) is 11.6 Å². The number of esters is 1. The van der Waals surface area contributed by atoms with Gasteiger partial charge in [-0.2, -0.15) is 0 Å². The summed E-state index contributed by atoms with van der Waals surface area (Å²) in [5.74, 6) is -0.304. The molecule has 0 aromatic carbocycles. The third-order valence-electron chi connectivity index (χ3n) is 9.85. The number of cyclic esters (lactones) is 1. The number of aliphatic hydroxyl groups is 3. The van der Waals surface area contributed by atoms with E-state index in [1.165, 1.54) is 0 Å². The minimum absolute atomic E-state index is 0.0504. The molecule has 1 aliphatic heterocycles. The van der Waals surface area contributed by atoms with Crippen LogP contribution in [0.1, 0.15) is 64.7 Å². The van der Waals surface area contributed by atoms with E-state index in [9.17, 15) is 24.9 Å². The zero-order valence-corrected chi connectivity index (χ0v) is 17.1. The molecule has 4 saturated carbocycles. The van der Waals surface area contributed by atoms with Gasteiger partial charge >= 0.3 is 5.97 Å². The summed E-state index contributed by atoms with van der Waals surface area (Å²) in [4.78, 5) is 24.1. The highest BCUT2D eigenvalue weighted by Gasteiger charge is 2.71. The van der Waals surface area contributed by atoms with Gasteiger partial charge in [-0.3, -0.25) is 0 Å². The van der Waals surface area contributed by atoms with E-state index in [4.69, 9.17) is 4.74 Å². The molecule has 1 heterocycles. The van der Waals surface area contributed by atoms with Crippen molar-refractivity contribution in [3.05, 3.63) is 11.6 Å². The van der Waals surface area contributed by atoms with Gasteiger partial charge in [-0.05, 0) is 74.7 Å². The summed E-state index contributed by atoms with van der Waals surface area (Å²) >= 11 is 0. The maximum absolute atomic E-state index is 12.5. The summed E-state index contributed by atoms with van der Waals surface area (Å²) in [7, 11) is 0. The Labute approximate surface area is 171 Å². The largest absolute Gasteiger partial charge is 0.458 e. The average molecular weight is 405 g/mol. The Morgan fingerprint density at radius 1 is 1.07 bits per heavy atom. The molecule has 0 bridgehead atoms. The molecular formula is C23H32O6. The number of rotatable bonds is 2. The van der Waals surface area contributed by atoms with Crippen molar-refractivity contribution < 1.29 is 29.6 Å². The van der Waals surface area contributed by atoms with E-state index in [1.54, 1.807) is 6.08 Å². The third-order valence-corrected chi connectivity index (χ3v) is 9.85. The van der Waals surface area contributed by atoms with E-state index in [0.29, 0.717) is 38.7 Å². The first-order chi connectivity index (χ1) is 13.7. The standard InChI is InChI=1S/C23H32O6/c1-20-6-3-17-18(4-8-22(27)11-15(25)2-7-21(17,22)13-24)23(20,28)9-5-16(20)14-10-19(26)29-12-14/h10,13,15-18,25,27-28H,2-9,11-12H2,1H3/t15-,16+,17+,18-,20-,21+,22+,23+/m1/s1. The number of hydrogen-bond acceptors (Lipinski definition) is 6. The van der Waals surface area contributed by atoms with E-state index in [0.717, 1.165) is 31.1 Å². The predicted octanol–water partition coefficient (Wildman–Crippen LogP) is 1.90. The van der Waals surface area contributed by atoms with Gasteiger partial charge in [-0.25, -0.2) is 4.79 Å². The van der Waals surface area contributed by atoms with Crippen molar-refractivity contribution in [3.8, 4) is 0 Å². The monoisotopic (exact) mass is 404 g/mol. The molecule has 5 rings (SSSR count). The maximum atomic E-state index is 12.5. The lowest BCUT2D eigenvalue weighted by atomic mass is 9.41. The van der Waals surface area contributed by atoms with Crippen molar-refractivity contribution in [2.45, 2.75) is 82.0 Å². The Morgan fingerprint density at radius 2 is 1.83 bits per heavy atom. The second kappa shape index (κ2) is 6.14. The number of aldehydes is 1. The van der Waals surface area contributed by atoms with Crippen LogP contribution in [-0.2, 0) is 14.3 Å². The molecule has 0 unspecified atom stereocenters. The highest BCUT2D eigenvalue weighted by Crippen LogP contribution is 2.70. The van der Waals surface area contributed by atoms with Gasteiger partial charge in [0.15, 0.2) is 0 Å². The lowest BCUT2D eigenvalue weighted by Gasteiger charge is -2.65. The van der Waals surface area contributed by atoms with Crippen LogP contribution in [0.5, 0.6) is 0 Å². The molecule has 0 spiro atoms. The Bertz CT molecular complexity index is 777. The fraction of sp³-hybridized carbons (Fsp3) is 0.826. The summed E-state index contributed by atoms with van der Waals surface area (Å²) in [6, 6.07) is 0. The molecule has 4 aliphatic carbocycles. The van der Waals surface area contributed by atoms with Crippen LogP contribution in [0, 0.1) is 28.6 Å². The smallest absolute Gasteiger partial charge is 0.331 e. The van der Waals surface area contributed by atoms with Crippen LogP contribution in [0.2, 0.25) is 0 Å². The fourth-order valence-corrected chi connectivity index (χ4v) is 8.34. The quantitative estimate of drug-likeness (QED) is 0.480. The molecule has 6 nitrogen and oxygen atoms in total. The highest BCUT2D eigenvalue weighted by molar-refractivity contribution is 5.85. The zero-order valence-electron chi connectivity index (χ0n) is 17.1. The van der Waals surface area contributed by atoms with Crippen LogP contribution in [-0.4, -0.2) is 51.5 Å². The van der Waals surface area contributed by atoms with Gasteiger partial charge in [0.1, 0.15) is 12.9 Å². The van der Waals surface area contributed by atoms with Gasteiger partial charge in [0.05, 0.1) is 22.7 Å². The van der Waals surface area contributed by atoms with Crippen molar-refractivity contribution in [1.82, 2.24) is 0 Å². The summed E-state index contributed by atoms with van der Waals surface area (Å²) in [6.07, 6.45) is 7.36. The van der Waals surface area contributed by atoms with E-state index in [-0.39, 0.29) is 35.6 Å². The molecule has 0 aromatic rings. The van der Waals surface area contributed by atoms with Crippen LogP contribution >= 0.6 is 0 Å². The molecular weight excluding hydrogens is 372 g/mol. The second-order valence-electron chi connectivity index (χ2n) is 10.6. The molecule has 4 fully saturated rings. The lowest BCUT2D eigenvalue weighted by Crippen LogP contribution is -2.68. The van der Waals surface area contributed by atoms with Gasteiger partial charge in [-0.1, -0.05) is 6.92 Å². The number of ether oxygens (including phenoxy) is 1. The van der Waals surface area contributed by atoms with Gasteiger partial charge in [-0.15, -0.1) is 0 Å². The molecule has 160 valence electrons. The molecule has 6 heteroatoms. The van der Waals surface area contributed by atoms with Crippen molar-refractivity contribution in [1.29, 1.82) is 0 Å². The van der Waals surface area contributed by atoms with Crippen molar-refractivity contribution in [2.24, 2.45) is 28.6 Å². The molecule has 29 heavy (non-hydrogen) atoms. The SMILES string of the molecule is C[C@]12CC[C@H]3[C@@H](CC[C@]4(O)C[C@H](O)CC[C@]34C=O)[C@@]1(O)CC[C@H]2C1=CC(=O)OC1. The summed E-state index contributed by atoms with van der Waals surface area (Å²) in [5, 5.41) is 33.7. The van der Waals surface area contributed by atoms with E-state index >= 15 is 0 Å². The summed E-state index contributed by atoms with van der Waals surface area (Å²) in [5.41, 5.74) is -2.34. The van der Waals surface area contributed by atoms with E-state index in [1.807, 2.05) is 0 Å². The molecule has 0 aromatic heterocycles. The zero-order chi connectivity index (χ0) is 20.7. The first-order valence-corrected chi connectivity index (χ1v) is 11.2. The minimum atomic E-state index is -1.18. The molecule has 3 N–H and O–H groups in total. The number of fused-ring (bicyclic) bond motifs is 5. The summed E-state index contributed by atoms with van der Waals surface area (Å²) in [6.45, 7) is 2.46. The molecule has 5 aliphatic rings. The van der Waals surface area contributed by atoms with Gasteiger partial charge < -0.3 is 24.9 Å². The van der Waals surface area contributed by atoms with Crippen molar-refractivity contribution >= 4 is 12.3 Å². The number of aliphatic hydroxyl groups excluding tert-OH is 1. The first-order valence-electron chi connectivity index (χ1n) is 11.2. The fourth-order valence-electron chi connectivity index (χ4n) is 8.34. The predicted molar refractivity (Wildman–Crippen MR) is 104 cm³/mol. The summed E-state index contributed by atoms with van der Waals surface area (Å²) < 4.78 is 5.15.